The van der Waals surface area contributed by atoms with E-state index in [0.29, 0.717) is 28.0 Å². The third-order valence-electron chi connectivity index (χ3n) is 2.91. The number of ether oxygens (including phenoxy) is 1. The predicted octanol–water partition coefficient (Wildman–Crippen LogP) is 4.99. The molecular weight excluding hydrogens is 323 g/mol. The molecule has 114 valence electrons. The van der Waals surface area contributed by atoms with Crippen LogP contribution in [0.15, 0.2) is 42.5 Å². The fourth-order valence-electron chi connectivity index (χ4n) is 1.86. The van der Waals surface area contributed by atoms with E-state index in [-0.39, 0.29) is 11.5 Å². The van der Waals surface area contributed by atoms with Crippen LogP contribution in [0, 0.1) is 0 Å². The highest BCUT2D eigenvalue weighted by Gasteiger charge is 2.08. The van der Waals surface area contributed by atoms with Crippen LogP contribution in [0.5, 0.6) is 11.5 Å². The first-order chi connectivity index (χ1) is 10.5. The molecular formula is C17H14Cl2O3. The van der Waals surface area contributed by atoms with Crippen LogP contribution < -0.4 is 4.74 Å². The third kappa shape index (κ3) is 4.03. The molecule has 0 aliphatic rings. The number of benzene rings is 2. The first-order valence-corrected chi connectivity index (χ1v) is 7.40. The van der Waals surface area contributed by atoms with Gasteiger partial charge in [0.2, 0.25) is 0 Å². The minimum absolute atomic E-state index is 0.0612. The van der Waals surface area contributed by atoms with Gasteiger partial charge < -0.3 is 9.84 Å². The van der Waals surface area contributed by atoms with Crippen LogP contribution >= 0.6 is 23.2 Å². The zero-order valence-corrected chi connectivity index (χ0v) is 13.4. The number of carbonyl (C=O) groups is 1. The number of phenols is 1. The molecule has 0 saturated heterocycles. The van der Waals surface area contributed by atoms with E-state index in [4.69, 9.17) is 27.9 Å². The van der Waals surface area contributed by atoms with E-state index in [1.807, 2.05) is 6.92 Å². The maximum atomic E-state index is 12.1. The van der Waals surface area contributed by atoms with E-state index in [9.17, 15) is 9.90 Å². The van der Waals surface area contributed by atoms with Gasteiger partial charge in [0.25, 0.3) is 0 Å². The summed E-state index contributed by atoms with van der Waals surface area (Å²) in [7, 11) is 0. The first-order valence-electron chi connectivity index (χ1n) is 6.64. The lowest BCUT2D eigenvalue weighted by Crippen LogP contribution is -1.95. The zero-order chi connectivity index (χ0) is 16.1. The molecule has 0 spiro atoms. The Morgan fingerprint density at radius 2 is 2.00 bits per heavy atom. The Bertz CT molecular complexity index is 724. The topological polar surface area (TPSA) is 46.5 Å². The number of halogens is 2. The van der Waals surface area contributed by atoms with Crippen molar-refractivity contribution < 1.29 is 14.6 Å². The fraction of sp³-hybridized carbons (Fsp3) is 0.118. The maximum Gasteiger partial charge on any atom is 0.187 e. The van der Waals surface area contributed by atoms with Crippen molar-refractivity contribution in [3.05, 3.63) is 63.6 Å². The van der Waals surface area contributed by atoms with Crippen molar-refractivity contribution in [2.75, 3.05) is 6.61 Å². The highest BCUT2D eigenvalue weighted by molar-refractivity contribution is 6.37. The Balaban J connectivity index is 2.20. The summed E-state index contributed by atoms with van der Waals surface area (Å²) in [4.78, 5) is 12.1. The van der Waals surface area contributed by atoms with Crippen molar-refractivity contribution in [2.24, 2.45) is 0 Å². The van der Waals surface area contributed by atoms with E-state index in [1.54, 1.807) is 30.3 Å². The van der Waals surface area contributed by atoms with Gasteiger partial charge in [-0.1, -0.05) is 35.3 Å². The Morgan fingerprint density at radius 1 is 1.23 bits per heavy atom. The van der Waals surface area contributed by atoms with Gasteiger partial charge in [-0.3, -0.25) is 4.79 Å². The van der Waals surface area contributed by atoms with Crippen LogP contribution in [0.25, 0.3) is 6.08 Å². The fourth-order valence-corrected chi connectivity index (χ4v) is 2.36. The summed E-state index contributed by atoms with van der Waals surface area (Å²) in [5.74, 6) is 0.209. The van der Waals surface area contributed by atoms with Gasteiger partial charge in [-0.2, -0.15) is 0 Å². The lowest BCUT2D eigenvalue weighted by molar-refractivity contribution is 0.104. The summed E-state index contributed by atoms with van der Waals surface area (Å²) < 4.78 is 5.30. The molecule has 5 heteroatoms. The number of allylic oxidation sites excluding steroid dienone is 1. The van der Waals surface area contributed by atoms with Crippen LogP contribution in [0.2, 0.25) is 10.0 Å². The highest BCUT2D eigenvalue weighted by Crippen LogP contribution is 2.27. The number of carbonyl (C=O) groups excluding carboxylic acids is 1. The van der Waals surface area contributed by atoms with Crippen LogP contribution in [0.3, 0.4) is 0 Å². The number of rotatable bonds is 5. The summed E-state index contributed by atoms with van der Waals surface area (Å²) in [6, 6.07) is 9.58. The summed E-state index contributed by atoms with van der Waals surface area (Å²) in [6.07, 6.45) is 3.05. The normalized spacial score (nSPS) is 10.9. The molecule has 1 N–H and O–H groups in total. The molecule has 0 unspecified atom stereocenters. The van der Waals surface area contributed by atoms with Crippen LogP contribution in [-0.2, 0) is 0 Å². The van der Waals surface area contributed by atoms with Crippen molar-refractivity contribution >= 4 is 35.1 Å². The van der Waals surface area contributed by atoms with Crippen molar-refractivity contribution in [1.29, 1.82) is 0 Å². The van der Waals surface area contributed by atoms with Crippen LogP contribution in [0.4, 0.5) is 0 Å². The molecule has 0 aromatic heterocycles. The zero-order valence-electron chi connectivity index (χ0n) is 11.8. The molecule has 0 saturated carbocycles. The number of phenolic OH excluding ortho intramolecular Hbond substituents is 1. The standard InChI is InChI=1S/C17H14Cl2O3/c1-2-22-17-9-11(4-8-16(17)21)3-7-15(20)13-6-5-12(18)10-14(13)19/h3-10,21H,2H2,1H3/b7-3+. The molecule has 0 aliphatic heterocycles. The van der Waals surface area contributed by atoms with Crippen LogP contribution in [-0.4, -0.2) is 17.5 Å². The number of hydrogen-bond donors (Lipinski definition) is 1. The van der Waals surface area contributed by atoms with Crippen molar-refractivity contribution in [1.82, 2.24) is 0 Å². The second kappa shape index (κ2) is 7.34. The highest BCUT2D eigenvalue weighted by atomic mass is 35.5. The molecule has 2 rings (SSSR count). The number of ketones is 1. The van der Waals surface area contributed by atoms with Gasteiger partial charge in [-0.25, -0.2) is 0 Å². The summed E-state index contributed by atoms with van der Waals surface area (Å²) >= 11 is 11.8. The SMILES string of the molecule is CCOc1cc(/C=C/C(=O)c2ccc(Cl)cc2Cl)ccc1O. The Labute approximate surface area is 138 Å². The second-order valence-corrected chi connectivity index (χ2v) is 5.33. The Hall–Kier alpha value is -1.97. The van der Waals surface area contributed by atoms with Crippen molar-refractivity contribution in [2.45, 2.75) is 6.92 Å². The Kier molecular flexibility index (Phi) is 5.47. The van der Waals surface area contributed by atoms with Gasteiger partial charge in [-0.15, -0.1) is 0 Å². The van der Waals surface area contributed by atoms with E-state index >= 15 is 0 Å². The lowest BCUT2D eigenvalue weighted by atomic mass is 10.1. The smallest absolute Gasteiger partial charge is 0.187 e. The Morgan fingerprint density at radius 3 is 2.68 bits per heavy atom. The molecule has 0 heterocycles. The van der Waals surface area contributed by atoms with E-state index in [2.05, 4.69) is 0 Å². The average molecular weight is 337 g/mol. The summed E-state index contributed by atoms with van der Waals surface area (Å²) in [6.45, 7) is 2.27. The van der Waals surface area contributed by atoms with Gasteiger partial charge in [0, 0.05) is 10.6 Å². The van der Waals surface area contributed by atoms with Gasteiger partial charge in [0.15, 0.2) is 17.3 Å². The van der Waals surface area contributed by atoms with Crippen molar-refractivity contribution in [3.63, 3.8) is 0 Å². The average Bonchev–Trinajstić information content (AvgIpc) is 2.48. The van der Waals surface area contributed by atoms with Gasteiger partial charge in [-0.05, 0) is 48.9 Å². The van der Waals surface area contributed by atoms with E-state index in [0.717, 1.165) is 5.56 Å². The predicted molar refractivity (Wildman–Crippen MR) is 89.1 cm³/mol. The van der Waals surface area contributed by atoms with Gasteiger partial charge >= 0.3 is 0 Å². The molecule has 0 amide bonds. The van der Waals surface area contributed by atoms with E-state index < -0.39 is 0 Å². The molecule has 2 aromatic carbocycles. The first kappa shape index (κ1) is 16.4. The minimum atomic E-state index is -0.229. The summed E-state index contributed by atoms with van der Waals surface area (Å²) in [5.41, 5.74) is 1.12. The third-order valence-corrected chi connectivity index (χ3v) is 3.46. The van der Waals surface area contributed by atoms with Crippen molar-refractivity contribution in [3.8, 4) is 11.5 Å². The molecule has 0 fully saturated rings. The molecule has 22 heavy (non-hydrogen) atoms. The molecule has 2 aromatic rings. The second-order valence-electron chi connectivity index (χ2n) is 4.48. The number of aromatic hydroxyl groups is 1. The quantitative estimate of drug-likeness (QED) is 0.617. The van der Waals surface area contributed by atoms with Crippen LogP contribution in [0.1, 0.15) is 22.8 Å². The minimum Gasteiger partial charge on any atom is -0.504 e. The molecule has 0 radical (unpaired) electrons. The summed E-state index contributed by atoms with van der Waals surface area (Å²) in [5, 5.41) is 10.4. The lowest BCUT2D eigenvalue weighted by Gasteiger charge is -2.06. The molecule has 0 bridgehead atoms. The monoisotopic (exact) mass is 336 g/mol. The maximum absolute atomic E-state index is 12.1. The molecule has 0 aliphatic carbocycles. The van der Waals surface area contributed by atoms with Gasteiger partial charge in [0.1, 0.15) is 0 Å². The molecule has 0 atom stereocenters. The number of hydrogen-bond acceptors (Lipinski definition) is 3. The molecule has 3 nitrogen and oxygen atoms in total. The largest absolute Gasteiger partial charge is 0.504 e. The van der Waals surface area contributed by atoms with E-state index in [1.165, 1.54) is 18.2 Å². The van der Waals surface area contributed by atoms with Gasteiger partial charge in [0.05, 0.1) is 11.6 Å².